The van der Waals surface area contributed by atoms with Gasteiger partial charge in [0.1, 0.15) is 11.9 Å². The molecule has 0 amide bonds. The fourth-order valence-electron chi connectivity index (χ4n) is 1.98. The summed E-state index contributed by atoms with van der Waals surface area (Å²) in [4.78, 5) is 0. The summed E-state index contributed by atoms with van der Waals surface area (Å²) in [7, 11) is 1.61. The van der Waals surface area contributed by atoms with E-state index in [1.54, 1.807) is 13.2 Å². The zero-order chi connectivity index (χ0) is 13.0. The van der Waals surface area contributed by atoms with Crippen LogP contribution in [0.3, 0.4) is 0 Å². The van der Waals surface area contributed by atoms with Crippen molar-refractivity contribution in [2.24, 2.45) is 0 Å². The number of hydrogen-bond acceptors (Lipinski definition) is 2. The van der Waals surface area contributed by atoms with E-state index in [9.17, 15) is 5.11 Å². The number of aliphatic hydroxyl groups excluding tert-OH is 1. The lowest BCUT2D eigenvalue weighted by atomic mass is 10.0. The summed E-state index contributed by atoms with van der Waals surface area (Å²) in [5, 5.41) is 10.4. The Morgan fingerprint density at radius 3 is 2.61 bits per heavy atom. The minimum Gasteiger partial charge on any atom is -0.497 e. The second-order valence-corrected chi connectivity index (χ2v) is 4.08. The standard InChI is InChI=1S/C15H17NO2/c1-3-14(16-9-4-5-10-16)15(17)12-7-6-8-13(11-12)18-2/h3-11,14-15,17H,1H2,2H3/t14-,15+/m0/s1. The Morgan fingerprint density at radius 2 is 2.00 bits per heavy atom. The van der Waals surface area contributed by atoms with E-state index in [0.717, 1.165) is 11.3 Å². The van der Waals surface area contributed by atoms with Crippen molar-refractivity contribution in [2.45, 2.75) is 12.1 Å². The highest BCUT2D eigenvalue weighted by atomic mass is 16.5. The van der Waals surface area contributed by atoms with Crippen molar-refractivity contribution in [1.29, 1.82) is 0 Å². The molecule has 2 aromatic rings. The third kappa shape index (κ3) is 2.46. The average Bonchev–Trinajstić information content (AvgIpc) is 2.93. The minimum atomic E-state index is -0.648. The summed E-state index contributed by atoms with van der Waals surface area (Å²) in [6.45, 7) is 3.79. The third-order valence-corrected chi connectivity index (χ3v) is 2.97. The highest BCUT2D eigenvalue weighted by Gasteiger charge is 2.19. The topological polar surface area (TPSA) is 34.4 Å². The molecule has 0 unspecified atom stereocenters. The number of methoxy groups -OCH3 is 1. The van der Waals surface area contributed by atoms with E-state index >= 15 is 0 Å². The van der Waals surface area contributed by atoms with Crippen LogP contribution in [0.15, 0.2) is 61.4 Å². The van der Waals surface area contributed by atoms with E-state index in [4.69, 9.17) is 4.74 Å². The van der Waals surface area contributed by atoms with Crippen molar-refractivity contribution >= 4 is 0 Å². The zero-order valence-corrected chi connectivity index (χ0v) is 10.4. The van der Waals surface area contributed by atoms with Crippen LogP contribution < -0.4 is 4.74 Å². The highest BCUT2D eigenvalue weighted by Crippen LogP contribution is 2.29. The quantitative estimate of drug-likeness (QED) is 0.819. The molecule has 94 valence electrons. The molecule has 3 heteroatoms. The van der Waals surface area contributed by atoms with Crippen LogP contribution in [0.25, 0.3) is 0 Å². The van der Waals surface area contributed by atoms with E-state index in [0.29, 0.717) is 0 Å². The molecular weight excluding hydrogens is 226 g/mol. The number of aliphatic hydroxyl groups is 1. The van der Waals surface area contributed by atoms with Crippen molar-refractivity contribution < 1.29 is 9.84 Å². The van der Waals surface area contributed by atoms with Gasteiger partial charge in [-0.3, -0.25) is 0 Å². The first-order valence-electron chi connectivity index (χ1n) is 5.83. The minimum absolute atomic E-state index is 0.188. The van der Waals surface area contributed by atoms with Crippen molar-refractivity contribution in [1.82, 2.24) is 4.57 Å². The molecule has 0 bridgehead atoms. The van der Waals surface area contributed by atoms with Gasteiger partial charge in [-0.2, -0.15) is 0 Å². The van der Waals surface area contributed by atoms with E-state index < -0.39 is 6.10 Å². The van der Waals surface area contributed by atoms with Crippen LogP contribution >= 0.6 is 0 Å². The maximum absolute atomic E-state index is 10.4. The third-order valence-electron chi connectivity index (χ3n) is 2.97. The Hall–Kier alpha value is -2.00. The molecular formula is C15H17NO2. The molecule has 0 radical (unpaired) electrons. The first-order valence-corrected chi connectivity index (χ1v) is 5.83. The van der Waals surface area contributed by atoms with Gasteiger partial charge in [-0.05, 0) is 29.8 Å². The lowest BCUT2D eigenvalue weighted by Gasteiger charge is -2.22. The molecule has 3 nitrogen and oxygen atoms in total. The smallest absolute Gasteiger partial charge is 0.119 e. The van der Waals surface area contributed by atoms with Gasteiger partial charge in [0.25, 0.3) is 0 Å². The second kappa shape index (κ2) is 5.56. The van der Waals surface area contributed by atoms with Crippen molar-refractivity contribution in [3.8, 4) is 5.75 Å². The van der Waals surface area contributed by atoms with Crippen LogP contribution in [0.1, 0.15) is 17.7 Å². The average molecular weight is 243 g/mol. The maximum Gasteiger partial charge on any atom is 0.119 e. The van der Waals surface area contributed by atoms with E-state index in [2.05, 4.69) is 6.58 Å². The van der Waals surface area contributed by atoms with Crippen LogP contribution in [0, 0.1) is 0 Å². The predicted octanol–water partition coefficient (Wildman–Crippen LogP) is 2.96. The van der Waals surface area contributed by atoms with Crippen molar-refractivity contribution in [2.75, 3.05) is 7.11 Å². The first kappa shape index (κ1) is 12.5. The molecule has 0 saturated carbocycles. The molecule has 0 spiro atoms. The van der Waals surface area contributed by atoms with Crippen molar-refractivity contribution in [3.05, 3.63) is 67.0 Å². The molecule has 1 heterocycles. The van der Waals surface area contributed by atoms with Crippen molar-refractivity contribution in [3.63, 3.8) is 0 Å². The summed E-state index contributed by atoms with van der Waals surface area (Å²) < 4.78 is 7.09. The number of ether oxygens (including phenoxy) is 1. The molecule has 0 fully saturated rings. The van der Waals surface area contributed by atoms with E-state index in [1.165, 1.54) is 0 Å². The molecule has 0 aliphatic carbocycles. The molecule has 0 aliphatic heterocycles. The summed E-state index contributed by atoms with van der Waals surface area (Å²) in [5.74, 6) is 0.738. The van der Waals surface area contributed by atoms with Gasteiger partial charge in [0, 0.05) is 12.4 Å². The largest absolute Gasteiger partial charge is 0.497 e. The zero-order valence-electron chi connectivity index (χ0n) is 10.4. The highest BCUT2D eigenvalue weighted by molar-refractivity contribution is 5.31. The number of nitrogens with zero attached hydrogens (tertiary/aromatic N) is 1. The van der Waals surface area contributed by atoms with Crippen LogP contribution in [0.2, 0.25) is 0 Å². The van der Waals surface area contributed by atoms with Crippen LogP contribution in [0.5, 0.6) is 5.75 Å². The molecule has 1 N–H and O–H groups in total. The predicted molar refractivity (Wildman–Crippen MR) is 71.6 cm³/mol. The SMILES string of the molecule is C=C[C@@H]([C@H](O)c1cccc(OC)c1)n1cccc1. The van der Waals surface area contributed by atoms with E-state index in [-0.39, 0.29) is 6.04 Å². The van der Waals surface area contributed by atoms with Gasteiger partial charge in [-0.1, -0.05) is 18.2 Å². The Labute approximate surface area is 107 Å². The normalized spacial score (nSPS) is 13.9. The molecule has 0 saturated heterocycles. The van der Waals surface area contributed by atoms with Gasteiger partial charge in [0.05, 0.1) is 13.2 Å². The number of hydrogen-bond donors (Lipinski definition) is 1. The lowest BCUT2D eigenvalue weighted by molar-refractivity contribution is 0.135. The molecule has 1 aromatic carbocycles. The summed E-state index contributed by atoms with van der Waals surface area (Å²) >= 11 is 0. The monoisotopic (exact) mass is 243 g/mol. The van der Waals surface area contributed by atoms with Gasteiger partial charge in [-0.25, -0.2) is 0 Å². The van der Waals surface area contributed by atoms with Gasteiger partial charge in [0.2, 0.25) is 0 Å². The number of aromatic nitrogens is 1. The van der Waals surface area contributed by atoms with Crippen LogP contribution in [-0.4, -0.2) is 16.8 Å². The number of benzene rings is 1. The molecule has 1 aromatic heterocycles. The Balaban J connectivity index is 2.28. The first-order chi connectivity index (χ1) is 8.76. The van der Waals surface area contributed by atoms with Gasteiger partial charge < -0.3 is 14.4 Å². The Kier molecular flexibility index (Phi) is 3.85. The fraction of sp³-hybridized carbons (Fsp3) is 0.200. The Bertz CT molecular complexity index is 505. The molecule has 0 aliphatic rings. The summed E-state index contributed by atoms with van der Waals surface area (Å²) in [6, 6.07) is 11.1. The summed E-state index contributed by atoms with van der Waals surface area (Å²) in [5.41, 5.74) is 0.813. The maximum atomic E-state index is 10.4. The number of rotatable bonds is 5. The Morgan fingerprint density at radius 1 is 1.28 bits per heavy atom. The van der Waals surface area contributed by atoms with E-state index in [1.807, 2.05) is 53.4 Å². The lowest BCUT2D eigenvalue weighted by Crippen LogP contribution is -2.14. The van der Waals surface area contributed by atoms with Gasteiger partial charge in [0.15, 0.2) is 0 Å². The van der Waals surface area contributed by atoms with Crippen LogP contribution in [0.4, 0.5) is 0 Å². The van der Waals surface area contributed by atoms with Gasteiger partial charge >= 0.3 is 0 Å². The summed E-state index contributed by atoms with van der Waals surface area (Å²) in [6.07, 6.45) is 4.92. The van der Waals surface area contributed by atoms with Gasteiger partial charge in [-0.15, -0.1) is 6.58 Å². The second-order valence-electron chi connectivity index (χ2n) is 4.08. The molecule has 18 heavy (non-hydrogen) atoms. The fourth-order valence-corrected chi connectivity index (χ4v) is 1.98. The molecule has 2 atom stereocenters. The molecule has 2 rings (SSSR count). The van der Waals surface area contributed by atoms with Crippen LogP contribution in [-0.2, 0) is 0 Å².